The molecule has 0 aliphatic carbocycles. The van der Waals surface area contributed by atoms with E-state index >= 15 is 0 Å². The molecule has 0 aliphatic heterocycles. The maximum atomic E-state index is 11.3. The number of nitrogens with zero attached hydrogens (tertiary/aromatic N) is 3. The van der Waals surface area contributed by atoms with Crippen LogP contribution < -0.4 is 16.0 Å². The number of rotatable bonds is 16. The van der Waals surface area contributed by atoms with E-state index < -0.39 is 0 Å². The fourth-order valence-corrected chi connectivity index (χ4v) is 2.26. The molecular formula is C20H36N6O2. The van der Waals surface area contributed by atoms with Crippen molar-refractivity contribution in [3.8, 4) is 0 Å². The van der Waals surface area contributed by atoms with Crippen molar-refractivity contribution in [1.29, 1.82) is 0 Å². The van der Waals surface area contributed by atoms with Gasteiger partial charge in [-0.15, -0.1) is 0 Å². The van der Waals surface area contributed by atoms with Gasteiger partial charge < -0.3 is 20.7 Å². The van der Waals surface area contributed by atoms with Gasteiger partial charge >= 0.3 is 5.97 Å². The van der Waals surface area contributed by atoms with Crippen LogP contribution in [0.5, 0.6) is 0 Å². The smallest absolute Gasteiger partial charge is 0.333 e. The minimum Gasteiger partial charge on any atom is -0.462 e. The second-order valence-corrected chi connectivity index (χ2v) is 6.77. The lowest BCUT2D eigenvalue weighted by Crippen LogP contribution is -2.14. The molecule has 8 heteroatoms. The number of hydrogen-bond acceptors (Lipinski definition) is 8. The van der Waals surface area contributed by atoms with Crippen LogP contribution in [0.25, 0.3) is 0 Å². The Labute approximate surface area is 169 Å². The number of unbranched alkanes of at least 4 members (excludes halogenated alkanes) is 4. The van der Waals surface area contributed by atoms with Gasteiger partial charge in [0.25, 0.3) is 0 Å². The van der Waals surface area contributed by atoms with E-state index in [0.29, 0.717) is 30.0 Å². The molecule has 158 valence electrons. The molecule has 3 N–H and O–H groups in total. The van der Waals surface area contributed by atoms with Crippen LogP contribution in [-0.4, -0.2) is 47.2 Å². The summed E-state index contributed by atoms with van der Waals surface area (Å²) in [6.07, 6.45) is 7.09. The van der Waals surface area contributed by atoms with Crippen LogP contribution in [0.4, 0.5) is 17.8 Å². The Bertz CT molecular complexity index is 566. The Morgan fingerprint density at radius 2 is 1.29 bits per heavy atom. The number of anilines is 3. The Hall–Kier alpha value is -2.38. The highest BCUT2D eigenvalue weighted by Gasteiger charge is 2.06. The highest BCUT2D eigenvalue weighted by molar-refractivity contribution is 5.86. The predicted molar refractivity (Wildman–Crippen MR) is 115 cm³/mol. The van der Waals surface area contributed by atoms with Crippen molar-refractivity contribution >= 4 is 23.8 Å². The molecule has 0 aliphatic rings. The van der Waals surface area contributed by atoms with Crippen molar-refractivity contribution in [2.45, 2.75) is 65.7 Å². The van der Waals surface area contributed by atoms with Crippen LogP contribution in [0.1, 0.15) is 65.7 Å². The minimum atomic E-state index is -0.325. The summed E-state index contributed by atoms with van der Waals surface area (Å²) in [5.74, 6) is 1.43. The van der Waals surface area contributed by atoms with Gasteiger partial charge in [-0.05, 0) is 39.0 Å². The Morgan fingerprint density at radius 3 is 1.71 bits per heavy atom. The second-order valence-electron chi connectivity index (χ2n) is 6.77. The van der Waals surface area contributed by atoms with E-state index in [9.17, 15) is 4.79 Å². The summed E-state index contributed by atoms with van der Waals surface area (Å²) in [6.45, 7) is 12.4. The molecule has 0 saturated carbocycles. The van der Waals surface area contributed by atoms with Crippen molar-refractivity contribution in [1.82, 2.24) is 15.0 Å². The molecule has 0 amide bonds. The third-order valence-electron chi connectivity index (χ3n) is 3.95. The van der Waals surface area contributed by atoms with E-state index in [4.69, 9.17) is 4.74 Å². The van der Waals surface area contributed by atoms with Crippen LogP contribution in [0.15, 0.2) is 12.2 Å². The van der Waals surface area contributed by atoms with Crippen LogP contribution in [0.3, 0.4) is 0 Å². The minimum absolute atomic E-state index is 0.325. The molecule has 28 heavy (non-hydrogen) atoms. The van der Waals surface area contributed by atoms with Crippen molar-refractivity contribution in [3.05, 3.63) is 12.2 Å². The monoisotopic (exact) mass is 392 g/mol. The molecule has 0 saturated heterocycles. The summed E-state index contributed by atoms with van der Waals surface area (Å²) in [4.78, 5) is 24.6. The number of nitrogens with one attached hydrogen (secondary N) is 3. The molecule has 0 aromatic carbocycles. The number of carbonyl (C=O) groups excluding carboxylic acids is 1. The second kappa shape index (κ2) is 14.6. The van der Waals surface area contributed by atoms with Crippen molar-refractivity contribution in [3.63, 3.8) is 0 Å². The summed E-state index contributed by atoms with van der Waals surface area (Å²) in [5, 5.41) is 9.77. The lowest BCUT2D eigenvalue weighted by molar-refractivity contribution is -0.139. The van der Waals surface area contributed by atoms with Crippen LogP contribution in [-0.2, 0) is 9.53 Å². The Morgan fingerprint density at radius 1 is 0.821 bits per heavy atom. The first-order valence-electron chi connectivity index (χ1n) is 10.4. The number of hydrogen-bond donors (Lipinski definition) is 3. The summed E-state index contributed by atoms with van der Waals surface area (Å²) >= 11 is 0. The topological polar surface area (TPSA) is 101 Å². The summed E-state index contributed by atoms with van der Waals surface area (Å²) in [5.41, 5.74) is 0.434. The Balaban J connectivity index is 2.41. The number of carbonyl (C=O) groups is 1. The predicted octanol–water partition coefficient (Wildman–Crippen LogP) is 4.00. The summed E-state index contributed by atoms with van der Waals surface area (Å²) < 4.78 is 5.08. The SMILES string of the molecule is C=C(C)C(=O)OCCCCCNc1nc(NCCCC)nc(NCCCC)n1. The first-order valence-corrected chi connectivity index (χ1v) is 10.4. The molecule has 0 bridgehead atoms. The number of ether oxygens (including phenoxy) is 1. The molecule has 0 fully saturated rings. The van der Waals surface area contributed by atoms with E-state index in [1.807, 2.05) is 0 Å². The first-order chi connectivity index (χ1) is 13.6. The van der Waals surface area contributed by atoms with Crippen LogP contribution in [0.2, 0.25) is 0 Å². The molecule has 8 nitrogen and oxygen atoms in total. The molecule has 0 spiro atoms. The summed E-state index contributed by atoms with van der Waals surface area (Å²) in [6, 6.07) is 0. The summed E-state index contributed by atoms with van der Waals surface area (Å²) in [7, 11) is 0. The van der Waals surface area contributed by atoms with Gasteiger partial charge in [0, 0.05) is 25.2 Å². The molecule has 1 aromatic rings. The maximum Gasteiger partial charge on any atom is 0.333 e. The fraction of sp³-hybridized carbons (Fsp3) is 0.700. The van der Waals surface area contributed by atoms with Gasteiger partial charge in [-0.3, -0.25) is 0 Å². The highest BCUT2D eigenvalue weighted by Crippen LogP contribution is 2.10. The zero-order valence-corrected chi connectivity index (χ0v) is 17.6. The van der Waals surface area contributed by atoms with Gasteiger partial charge in [-0.25, -0.2) is 4.79 Å². The van der Waals surface area contributed by atoms with E-state index in [0.717, 1.165) is 64.6 Å². The zero-order chi connectivity index (χ0) is 20.6. The molecule has 1 aromatic heterocycles. The fourth-order valence-electron chi connectivity index (χ4n) is 2.26. The van der Waals surface area contributed by atoms with Crippen molar-refractivity contribution in [2.24, 2.45) is 0 Å². The molecule has 0 atom stereocenters. The van der Waals surface area contributed by atoms with Crippen molar-refractivity contribution in [2.75, 3.05) is 42.2 Å². The lowest BCUT2D eigenvalue weighted by atomic mass is 10.2. The van der Waals surface area contributed by atoms with Gasteiger partial charge in [-0.1, -0.05) is 33.3 Å². The number of esters is 1. The zero-order valence-electron chi connectivity index (χ0n) is 17.6. The van der Waals surface area contributed by atoms with Gasteiger partial charge in [-0.2, -0.15) is 15.0 Å². The normalized spacial score (nSPS) is 10.4. The quantitative estimate of drug-likeness (QED) is 0.220. The van der Waals surface area contributed by atoms with Crippen LogP contribution >= 0.6 is 0 Å². The van der Waals surface area contributed by atoms with E-state index in [1.165, 1.54) is 0 Å². The van der Waals surface area contributed by atoms with E-state index in [1.54, 1.807) is 6.92 Å². The highest BCUT2D eigenvalue weighted by atomic mass is 16.5. The van der Waals surface area contributed by atoms with Gasteiger partial charge in [0.1, 0.15) is 0 Å². The van der Waals surface area contributed by atoms with E-state index in [2.05, 4.69) is 51.3 Å². The van der Waals surface area contributed by atoms with E-state index in [-0.39, 0.29) is 5.97 Å². The van der Waals surface area contributed by atoms with Gasteiger partial charge in [0.2, 0.25) is 17.8 Å². The molecule has 1 rings (SSSR count). The molecule has 0 radical (unpaired) electrons. The largest absolute Gasteiger partial charge is 0.462 e. The average molecular weight is 393 g/mol. The molecule has 0 unspecified atom stereocenters. The third kappa shape index (κ3) is 10.7. The standard InChI is InChI=1S/C20H36N6O2/c1-5-7-12-21-18-24-19(22-13-8-6-2)26-20(25-18)23-14-10-9-11-15-28-17(27)16(3)4/h3,5-15H2,1-2,4H3,(H3,21,22,23,24,25,26). The maximum absolute atomic E-state index is 11.3. The van der Waals surface area contributed by atoms with Crippen molar-refractivity contribution < 1.29 is 9.53 Å². The lowest BCUT2D eigenvalue weighted by Gasteiger charge is -2.11. The third-order valence-corrected chi connectivity index (χ3v) is 3.95. The van der Waals surface area contributed by atoms with Crippen LogP contribution in [0, 0.1) is 0 Å². The Kier molecular flexibility index (Phi) is 12.4. The van der Waals surface area contributed by atoms with Gasteiger partial charge in [0.15, 0.2) is 0 Å². The number of aromatic nitrogens is 3. The average Bonchev–Trinajstić information content (AvgIpc) is 2.67. The first kappa shape index (κ1) is 23.7. The molecule has 1 heterocycles. The van der Waals surface area contributed by atoms with Gasteiger partial charge in [0.05, 0.1) is 6.61 Å². The molecular weight excluding hydrogens is 356 g/mol.